The summed E-state index contributed by atoms with van der Waals surface area (Å²) in [6.07, 6.45) is 6.65. The van der Waals surface area contributed by atoms with Gasteiger partial charge in [0.2, 0.25) is 0 Å². The van der Waals surface area contributed by atoms with E-state index in [1.807, 2.05) is 11.0 Å². The number of esters is 1. The Labute approximate surface area is 158 Å². The molecule has 2 aliphatic carbocycles. The molecule has 1 saturated heterocycles. The van der Waals surface area contributed by atoms with Gasteiger partial charge in [-0.3, -0.25) is 4.79 Å². The van der Waals surface area contributed by atoms with E-state index in [1.165, 1.54) is 6.08 Å². The van der Waals surface area contributed by atoms with Gasteiger partial charge >= 0.3 is 5.97 Å². The standard InChI is InChI=1S/C20H26FN3O3/c1-12(2)27-20(26)15-11-24(13-3-4-13)17-10-18(23-7-5-22-6-8-23)16(21)9-14(17)19(15)25/h9-14,17,22H,3-8H2,1-2H3. The van der Waals surface area contributed by atoms with Crippen molar-refractivity contribution < 1.29 is 18.7 Å². The summed E-state index contributed by atoms with van der Waals surface area (Å²) < 4.78 is 20.1. The maximum absolute atomic E-state index is 14.9. The van der Waals surface area contributed by atoms with Crippen LogP contribution >= 0.6 is 0 Å². The summed E-state index contributed by atoms with van der Waals surface area (Å²) in [4.78, 5) is 29.4. The highest BCUT2D eigenvalue weighted by Gasteiger charge is 2.46. The van der Waals surface area contributed by atoms with E-state index in [9.17, 15) is 14.0 Å². The summed E-state index contributed by atoms with van der Waals surface area (Å²) in [7, 11) is 0. The summed E-state index contributed by atoms with van der Waals surface area (Å²) in [5.74, 6) is -2.03. The van der Waals surface area contributed by atoms with E-state index < -0.39 is 11.9 Å². The number of allylic oxidation sites excluding steroid dienone is 1. The molecule has 0 aromatic heterocycles. The number of halogens is 1. The molecule has 0 amide bonds. The van der Waals surface area contributed by atoms with Crippen molar-refractivity contribution in [2.45, 2.75) is 44.9 Å². The molecule has 146 valence electrons. The lowest BCUT2D eigenvalue weighted by atomic mass is 9.82. The third kappa shape index (κ3) is 3.52. The van der Waals surface area contributed by atoms with E-state index in [0.717, 1.165) is 39.0 Å². The van der Waals surface area contributed by atoms with Crippen LogP contribution in [0.3, 0.4) is 0 Å². The van der Waals surface area contributed by atoms with E-state index in [-0.39, 0.29) is 29.3 Å². The molecule has 4 aliphatic rings. The monoisotopic (exact) mass is 375 g/mol. The van der Waals surface area contributed by atoms with Gasteiger partial charge in [0.15, 0.2) is 5.78 Å². The molecule has 4 rings (SSSR count). The number of fused-ring (bicyclic) bond motifs is 1. The third-order valence-corrected chi connectivity index (χ3v) is 5.45. The van der Waals surface area contributed by atoms with Crippen LogP contribution in [0.1, 0.15) is 26.7 Å². The summed E-state index contributed by atoms with van der Waals surface area (Å²) in [5.41, 5.74) is 0.595. The molecule has 2 unspecified atom stereocenters. The fraction of sp³-hybridized carbons (Fsp3) is 0.600. The highest BCUT2D eigenvalue weighted by molar-refractivity contribution is 6.19. The van der Waals surface area contributed by atoms with Crippen molar-refractivity contribution >= 4 is 11.8 Å². The summed E-state index contributed by atoms with van der Waals surface area (Å²) in [5, 5.41) is 3.27. The number of Topliss-reactive ketones (excluding diaryl/α,β-unsaturated/α-hetero) is 1. The number of ether oxygens (including phenoxy) is 1. The van der Waals surface area contributed by atoms with E-state index in [0.29, 0.717) is 11.7 Å². The molecular formula is C20H26FN3O3. The zero-order chi connectivity index (χ0) is 19.1. The van der Waals surface area contributed by atoms with Crippen molar-refractivity contribution in [3.8, 4) is 0 Å². The van der Waals surface area contributed by atoms with E-state index >= 15 is 0 Å². The topological polar surface area (TPSA) is 61.9 Å². The predicted octanol–water partition coefficient (Wildman–Crippen LogP) is 1.51. The minimum absolute atomic E-state index is 0.0277. The van der Waals surface area contributed by atoms with Crippen LogP contribution in [0.25, 0.3) is 0 Å². The van der Waals surface area contributed by atoms with Crippen LogP contribution in [-0.4, -0.2) is 65.9 Å². The second-order valence-corrected chi connectivity index (χ2v) is 7.86. The van der Waals surface area contributed by atoms with Crippen molar-refractivity contribution in [1.29, 1.82) is 0 Å². The molecule has 1 N–H and O–H groups in total. The van der Waals surface area contributed by atoms with Crippen molar-refractivity contribution in [2.75, 3.05) is 26.2 Å². The van der Waals surface area contributed by atoms with Crippen molar-refractivity contribution in [3.05, 3.63) is 35.4 Å². The van der Waals surface area contributed by atoms with Crippen LogP contribution in [0.2, 0.25) is 0 Å². The molecule has 0 radical (unpaired) electrons. The normalized spacial score (nSPS) is 28.4. The number of hydrogen-bond donors (Lipinski definition) is 1. The Morgan fingerprint density at radius 1 is 1.26 bits per heavy atom. The number of carbonyl (C=O) groups is 2. The minimum Gasteiger partial charge on any atom is -0.459 e. The Bertz CT molecular complexity index is 733. The first-order valence-electron chi connectivity index (χ1n) is 9.75. The van der Waals surface area contributed by atoms with Crippen molar-refractivity contribution in [1.82, 2.24) is 15.1 Å². The maximum atomic E-state index is 14.9. The molecule has 2 heterocycles. The largest absolute Gasteiger partial charge is 0.459 e. The van der Waals surface area contributed by atoms with Crippen LogP contribution in [0.4, 0.5) is 4.39 Å². The molecule has 2 aliphatic heterocycles. The van der Waals surface area contributed by atoms with Gasteiger partial charge in [0.1, 0.15) is 11.4 Å². The fourth-order valence-corrected chi connectivity index (χ4v) is 3.98. The first kappa shape index (κ1) is 18.2. The van der Waals surface area contributed by atoms with E-state index in [2.05, 4.69) is 10.2 Å². The molecule has 1 saturated carbocycles. The number of nitrogens with one attached hydrogen (secondary N) is 1. The summed E-state index contributed by atoms with van der Waals surface area (Å²) in [6.45, 7) is 6.60. The molecule has 2 atom stereocenters. The van der Waals surface area contributed by atoms with Gasteiger partial charge in [0.05, 0.1) is 23.8 Å². The Morgan fingerprint density at radius 3 is 2.59 bits per heavy atom. The Hall–Kier alpha value is -2.15. The van der Waals surface area contributed by atoms with Crippen molar-refractivity contribution in [2.24, 2.45) is 5.92 Å². The molecule has 0 aromatic rings. The zero-order valence-corrected chi connectivity index (χ0v) is 15.8. The lowest BCUT2D eigenvalue weighted by Gasteiger charge is -2.41. The Morgan fingerprint density at radius 2 is 1.96 bits per heavy atom. The van der Waals surface area contributed by atoms with Crippen LogP contribution in [0.5, 0.6) is 0 Å². The average Bonchev–Trinajstić information content (AvgIpc) is 3.47. The summed E-state index contributed by atoms with van der Waals surface area (Å²) >= 11 is 0. The second kappa shape index (κ2) is 7.11. The van der Waals surface area contributed by atoms with Crippen LogP contribution < -0.4 is 5.32 Å². The Balaban J connectivity index is 1.66. The van der Waals surface area contributed by atoms with Gasteiger partial charge in [-0.05, 0) is 38.8 Å². The van der Waals surface area contributed by atoms with Gasteiger partial charge < -0.3 is 19.9 Å². The predicted molar refractivity (Wildman–Crippen MR) is 98.2 cm³/mol. The third-order valence-electron chi connectivity index (χ3n) is 5.45. The van der Waals surface area contributed by atoms with Crippen molar-refractivity contribution in [3.63, 3.8) is 0 Å². The highest BCUT2D eigenvalue weighted by Crippen LogP contribution is 2.40. The fourth-order valence-electron chi connectivity index (χ4n) is 3.98. The molecule has 0 bridgehead atoms. The van der Waals surface area contributed by atoms with Gasteiger partial charge in [-0.25, -0.2) is 9.18 Å². The van der Waals surface area contributed by atoms with Gasteiger partial charge in [-0.2, -0.15) is 0 Å². The van der Waals surface area contributed by atoms with E-state index in [1.54, 1.807) is 20.0 Å². The molecule has 6 nitrogen and oxygen atoms in total. The molecule has 2 fully saturated rings. The smallest absolute Gasteiger partial charge is 0.343 e. The minimum atomic E-state index is -0.683. The van der Waals surface area contributed by atoms with E-state index in [4.69, 9.17) is 4.74 Å². The Kier molecular flexibility index (Phi) is 4.80. The second-order valence-electron chi connectivity index (χ2n) is 7.86. The van der Waals surface area contributed by atoms with Gasteiger partial charge in [-0.1, -0.05) is 0 Å². The van der Waals surface area contributed by atoms with Crippen LogP contribution in [0, 0.1) is 5.92 Å². The molecule has 0 aromatic carbocycles. The maximum Gasteiger partial charge on any atom is 0.343 e. The SMILES string of the molecule is CC(C)OC(=O)C1=CN(C2CC2)C2C=C(N3CCNCC3)C(F)=CC2C1=O. The number of nitrogens with zero attached hydrogens (tertiary/aromatic N) is 2. The number of carbonyl (C=O) groups excluding carboxylic acids is 2. The number of rotatable bonds is 4. The first-order valence-corrected chi connectivity index (χ1v) is 9.75. The quantitative estimate of drug-likeness (QED) is 0.594. The number of ketones is 1. The number of piperazine rings is 1. The van der Waals surface area contributed by atoms with Crippen LogP contribution in [-0.2, 0) is 14.3 Å². The van der Waals surface area contributed by atoms with Gasteiger partial charge in [0.25, 0.3) is 0 Å². The lowest BCUT2D eigenvalue weighted by molar-refractivity contribution is -0.144. The average molecular weight is 375 g/mol. The lowest BCUT2D eigenvalue weighted by Crippen LogP contribution is -2.49. The zero-order valence-electron chi connectivity index (χ0n) is 15.8. The number of hydrogen-bond acceptors (Lipinski definition) is 6. The molecular weight excluding hydrogens is 349 g/mol. The molecule has 27 heavy (non-hydrogen) atoms. The van der Waals surface area contributed by atoms with Gasteiger partial charge in [0, 0.05) is 38.4 Å². The first-order chi connectivity index (χ1) is 13.0. The molecule has 7 heteroatoms. The highest BCUT2D eigenvalue weighted by atomic mass is 19.1. The summed E-state index contributed by atoms with van der Waals surface area (Å²) in [6, 6.07) is 0.0486. The molecule has 0 spiro atoms. The van der Waals surface area contributed by atoms with Crippen LogP contribution in [0.15, 0.2) is 35.4 Å². The van der Waals surface area contributed by atoms with Gasteiger partial charge in [-0.15, -0.1) is 0 Å².